The summed E-state index contributed by atoms with van der Waals surface area (Å²) in [6.07, 6.45) is 53.6. The van der Waals surface area contributed by atoms with Crippen molar-refractivity contribution in [3.8, 4) is 0 Å². The van der Waals surface area contributed by atoms with Gasteiger partial charge < -0.3 is 28.6 Å². The summed E-state index contributed by atoms with van der Waals surface area (Å²) >= 11 is 0. The van der Waals surface area contributed by atoms with Gasteiger partial charge in [0.05, 0.1) is 40.3 Å². The molecule has 0 bridgehead atoms. The second-order valence-electron chi connectivity index (χ2n) is 17.1. The summed E-state index contributed by atoms with van der Waals surface area (Å²) in [5.41, 5.74) is 0. The Morgan fingerprint density at radius 3 is 1.38 bits per heavy atom. The van der Waals surface area contributed by atoms with Crippen LogP contribution in [-0.2, 0) is 28.6 Å². The molecule has 0 aliphatic rings. The highest BCUT2D eigenvalue weighted by Crippen LogP contribution is 2.16. The van der Waals surface area contributed by atoms with Crippen LogP contribution in [0.5, 0.6) is 0 Å². The number of ether oxygens (including phenoxy) is 3. The summed E-state index contributed by atoms with van der Waals surface area (Å²) in [5, 5.41) is 11.6. The minimum Gasteiger partial charge on any atom is -0.544 e. The molecule has 2 unspecified atom stereocenters. The third-order valence-electron chi connectivity index (χ3n) is 10.5. The van der Waals surface area contributed by atoms with E-state index < -0.39 is 18.1 Å². The van der Waals surface area contributed by atoms with E-state index in [0.717, 1.165) is 44.9 Å². The van der Waals surface area contributed by atoms with E-state index in [2.05, 4.69) is 26.0 Å². The van der Waals surface area contributed by atoms with Crippen molar-refractivity contribution in [2.24, 2.45) is 0 Å². The van der Waals surface area contributed by atoms with Crippen LogP contribution < -0.4 is 5.11 Å². The van der Waals surface area contributed by atoms with E-state index >= 15 is 0 Å². The van der Waals surface area contributed by atoms with Crippen molar-refractivity contribution in [1.29, 1.82) is 0 Å². The fourth-order valence-electron chi connectivity index (χ4n) is 6.81. The van der Waals surface area contributed by atoms with Crippen LogP contribution >= 0.6 is 0 Å². The lowest BCUT2D eigenvalue weighted by molar-refractivity contribution is -0.889. The molecule has 0 fully saturated rings. The highest BCUT2D eigenvalue weighted by molar-refractivity contribution is 5.70. The topological polar surface area (TPSA) is 102 Å². The van der Waals surface area contributed by atoms with Crippen LogP contribution in [0.1, 0.15) is 187 Å². The second kappa shape index (κ2) is 42.5. The number of hydrogen-bond acceptors (Lipinski definition) is 7. The molecular formula is C52H89NO7. The molecule has 0 heterocycles. The second-order valence-corrected chi connectivity index (χ2v) is 17.1. The Morgan fingerprint density at radius 1 is 0.517 bits per heavy atom. The quantitative estimate of drug-likeness (QED) is 0.0261. The lowest BCUT2D eigenvalue weighted by Crippen LogP contribution is -2.55. The van der Waals surface area contributed by atoms with Gasteiger partial charge in [-0.25, -0.2) is 0 Å². The van der Waals surface area contributed by atoms with Gasteiger partial charge in [0.15, 0.2) is 6.10 Å². The summed E-state index contributed by atoms with van der Waals surface area (Å²) in [5.74, 6) is -1.79. The number of quaternary nitrogens is 1. The van der Waals surface area contributed by atoms with Gasteiger partial charge in [-0.15, -0.1) is 0 Å². The standard InChI is InChI=1S/C52H89NO7/c1-6-8-10-12-14-16-18-20-22-24-25-27-28-30-32-34-36-38-40-42-50(54)59-47-48(46-58-45-44-49(52(56)57)53(3,4)5)60-51(55)43-41-39-37-35-33-31-29-26-23-21-19-17-15-13-11-9-7-2/h9,11,13,15,17,19,21,23,26,29,31,33,48-49H,6-8,10,12,14,16,18,20,22,24-25,27-28,30,32,34-47H2,1-5H3/b11-9+,15-13+,19-17+,23-21+,29-26+,33-31+. The average Bonchev–Trinajstić information content (AvgIpc) is 3.21. The van der Waals surface area contributed by atoms with Gasteiger partial charge in [-0.05, 0) is 32.1 Å². The maximum absolute atomic E-state index is 12.7. The third-order valence-corrected chi connectivity index (χ3v) is 10.5. The molecule has 0 N–H and O–H groups in total. The van der Waals surface area contributed by atoms with Crippen molar-refractivity contribution in [2.45, 2.75) is 199 Å². The molecule has 0 saturated heterocycles. The number of nitrogens with zero attached hydrogens (tertiary/aromatic N) is 1. The Morgan fingerprint density at radius 2 is 0.933 bits per heavy atom. The van der Waals surface area contributed by atoms with E-state index in [1.165, 1.54) is 103 Å². The first kappa shape index (κ1) is 56.8. The predicted molar refractivity (Wildman–Crippen MR) is 249 cm³/mol. The fourth-order valence-corrected chi connectivity index (χ4v) is 6.81. The molecule has 344 valence electrons. The molecule has 0 radical (unpaired) electrons. The zero-order chi connectivity index (χ0) is 44.2. The van der Waals surface area contributed by atoms with Crippen molar-refractivity contribution in [3.05, 3.63) is 72.9 Å². The number of allylic oxidation sites excluding steroid dienone is 12. The number of hydrogen-bond donors (Lipinski definition) is 0. The van der Waals surface area contributed by atoms with Crippen LogP contribution in [0, 0.1) is 0 Å². The van der Waals surface area contributed by atoms with Crippen molar-refractivity contribution in [3.63, 3.8) is 0 Å². The Labute approximate surface area is 368 Å². The van der Waals surface area contributed by atoms with Crippen LogP contribution in [0.4, 0.5) is 0 Å². The zero-order valence-electron chi connectivity index (χ0n) is 39.1. The van der Waals surface area contributed by atoms with E-state index in [9.17, 15) is 19.5 Å². The Kier molecular flexibility index (Phi) is 40.2. The molecule has 8 nitrogen and oxygen atoms in total. The summed E-state index contributed by atoms with van der Waals surface area (Å²) < 4.78 is 17.2. The maximum Gasteiger partial charge on any atom is 0.306 e. The number of aliphatic carboxylic acids is 1. The van der Waals surface area contributed by atoms with E-state index in [4.69, 9.17) is 14.2 Å². The number of esters is 2. The highest BCUT2D eigenvalue weighted by atomic mass is 16.6. The first-order chi connectivity index (χ1) is 29.1. The van der Waals surface area contributed by atoms with Gasteiger partial charge in [0.1, 0.15) is 12.6 Å². The smallest absolute Gasteiger partial charge is 0.306 e. The first-order valence-corrected chi connectivity index (χ1v) is 24.0. The van der Waals surface area contributed by atoms with Crippen molar-refractivity contribution in [1.82, 2.24) is 0 Å². The van der Waals surface area contributed by atoms with Crippen LogP contribution in [0.3, 0.4) is 0 Å². The normalized spacial score (nSPS) is 13.6. The largest absolute Gasteiger partial charge is 0.544 e. The predicted octanol–water partition coefficient (Wildman–Crippen LogP) is 12.2. The first-order valence-electron chi connectivity index (χ1n) is 24.0. The average molecular weight is 840 g/mol. The van der Waals surface area contributed by atoms with Crippen LogP contribution in [0.2, 0.25) is 0 Å². The summed E-state index contributed by atoms with van der Waals surface area (Å²) in [7, 11) is 5.39. The zero-order valence-corrected chi connectivity index (χ0v) is 39.1. The van der Waals surface area contributed by atoms with E-state index in [1.807, 2.05) is 60.8 Å². The molecule has 0 aliphatic carbocycles. The third kappa shape index (κ3) is 40.2. The minimum absolute atomic E-state index is 0.0205. The molecule has 0 amide bonds. The van der Waals surface area contributed by atoms with Gasteiger partial charge in [-0.1, -0.05) is 209 Å². The number of carbonyl (C=O) groups is 3. The Hall–Kier alpha value is -3.23. The van der Waals surface area contributed by atoms with Gasteiger partial charge in [0.25, 0.3) is 0 Å². The Bertz CT molecular complexity index is 1210. The number of carbonyl (C=O) groups excluding carboxylic acids is 3. The van der Waals surface area contributed by atoms with E-state index in [-0.39, 0.29) is 49.1 Å². The number of carboxylic acids is 1. The molecule has 0 aromatic carbocycles. The van der Waals surface area contributed by atoms with Crippen LogP contribution in [0.25, 0.3) is 0 Å². The molecule has 0 aromatic heterocycles. The van der Waals surface area contributed by atoms with E-state index in [1.54, 1.807) is 21.1 Å². The molecule has 0 rings (SSSR count). The summed E-state index contributed by atoms with van der Waals surface area (Å²) in [6, 6.07) is -0.737. The maximum atomic E-state index is 12.7. The molecule has 0 saturated carbocycles. The van der Waals surface area contributed by atoms with Gasteiger partial charge >= 0.3 is 11.9 Å². The molecular weight excluding hydrogens is 751 g/mol. The van der Waals surface area contributed by atoms with Gasteiger partial charge in [0, 0.05) is 19.3 Å². The molecule has 60 heavy (non-hydrogen) atoms. The van der Waals surface area contributed by atoms with Gasteiger partial charge in [0.2, 0.25) is 0 Å². The number of rotatable bonds is 42. The summed E-state index contributed by atoms with van der Waals surface area (Å²) in [4.78, 5) is 36.9. The molecule has 0 spiro atoms. The van der Waals surface area contributed by atoms with Crippen LogP contribution in [-0.4, -0.2) is 75.5 Å². The Balaban J connectivity index is 4.36. The van der Waals surface area contributed by atoms with Crippen molar-refractivity contribution < 1.29 is 38.2 Å². The number of carboxylic acid groups (broad SMARTS) is 1. The SMILES string of the molecule is CC/C=C/C=C/C=C/C=C/C=C/C=C/CCCCCC(=O)OC(COCCC(C(=O)[O-])[N+](C)(C)C)COC(=O)CCCCCCCCCCCCCCCCCCCCC. The minimum atomic E-state index is -1.13. The number of unbranched alkanes of at least 4 members (excludes halogenated alkanes) is 21. The lowest BCUT2D eigenvalue weighted by Gasteiger charge is -2.34. The van der Waals surface area contributed by atoms with Gasteiger partial charge in [-0.3, -0.25) is 9.59 Å². The van der Waals surface area contributed by atoms with Gasteiger partial charge in [-0.2, -0.15) is 0 Å². The molecule has 8 heteroatoms. The van der Waals surface area contributed by atoms with Crippen molar-refractivity contribution >= 4 is 17.9 Å². The highest BCUT2D eigenvalue weighted by Gasteiger charge is 2.25. The van der Waals surface area contributed by atoms with E-state index in [0.29, 0.717) is 12.8 Å². The number of likely N-dealkylation sites (N-methyl/N-ethyl adjacent to an activating group) is 1. The summed E-state index contributed by atoms with van der Waals surface area (Å²) in [6.45, 7) is 4.48. The molecule has 2 atom stereocenters. The van der Waals surface area contributed by atoms with Crippen LogP contribution in [0.15, 0.2) is 72.9 Å². The van der Waals surface area contributed by atoms with Crippen molar-refractivity contribution in [2.75, 3.05) is 41.0 Å². The fraction of sp³-hybridized carbons (Fsp3) is 0.712. The molecule has 0 aromatic rings. The monoisotopic (exact) mass is 840 g/mol. The molecule has 0 aliphatic heterocycles. The lowest BCUT2D eigenvalue weighted by atomic mass is 10.0.